The number of fused-ring (bicyclic) bond motifs is 1. The van der Waals surface area contributed by atoms with Crippen molar-refractivity contribution >= 4 is 0 Å². The Morgan fingerprint density at radius 2 is 2.05 bits per heavy atom. The van der Waals surface area contributed by atoms with E-state index < -0.39 is 0 Å². The average Bonchev–Trinajstić information content (AvgIpc) is 2.47. The molecule has 4 nitrogen and oxygen atoms in total. The van der Waals surface area contributed by atoms with E-state index in [1.54, 1.807) is 0 Å². The number of piperazine rings is 1. The third-order valence-electron chi connectivity index (χ3n) is 5.18. The van der Waals surface area contributed by atoms with Gasteiger partial charge in [0.15, 0.2) is 0 Å². The zero-order valence-electron chi connectivity index (χ0n) is 13.1. The van der Waals surface area contributed by atoms with Crippen LogP contribution in [0.15, 0.2) is 0 Å². The monoisotopic (exact) mass is 282 g/mol. The van der Waals surface area contributed by atoms with Gasteiger partial charge in [-0.3, -0.25) is 9.80 Å². The molecule has 0 saturated carbocycles. The molecule has 3 aliphatic heterocycles. The fraction of sp³-hybridized carbons (Fsp3) is 1.00. The molecule has 0 N–H and O–H groups in total. The van der Waals surface area contributed by atoms with Crippen molar-refractivity contribution in [2.75, 3.05) is 46.0 Å². The maximum Gasteiger partial charge on any atom is 0.0936 e. The summed E-state index contributed by atoms with van der Waals surface area (Å²) in [6.07, 6.45) is 4.45. The third-order valence-corrected chi connectivity index (χ3v) is 5.18. The molecule has 20 heavy (non-hydrogen) atoms. The maximum absolute atomic E-state index is 5.86. The van der Waals surface area contributed by atoms with E-state index in [1.807, 2.05) is 0 Å². The van der Waals surface area contributed by atoms with E-state index in [0.717, 1.165) is 32.4 Å². The predicted molar refractivity (Wildman–Crippen MR) is 80.0 cm³/mol. The summed E-state index contributed by atoms with van der Waals surface area (Å²) >= 11 is 0. The van der Waals surface area contributed by atoms with Gasteiger partial charge in [-0.15, -0.1) is 0 Å². The first-order chi connectivity index (χ1) is 9.74. The van der Waals surface area contributed by atoms with Crippen LogP contribution in [0.4, 0.5) is 0 Å². The Hall–Kier alpha value is -0.160. The van der Waals surface area contributed by atoms with E-state index in [2.05, 4.69) is 23.6 Å². The van der Waals surface area contributed by atoms with Crippen LogP contribution < -0.4 is 0 Å². The lowest BCUT2D eigenvalue weighted by Gasteiger charge is -2.50. The van der Waals surface area contributed by atoms with Gasteiger partial charge in [-0.25, -0.2) is 0 Å². The van der Waals surface area contributed by atoms with Crippen molar-refractivity contribution in [1.29, 1.82) is 0 Å². The summed E-state index contributed by atoms with van der Waals surface area (Å²) < 4.78 is 11.4. The van der Waals surface area contributed by atoms with Crippen LogP contribution in [0.3, 0.4) is 0 Å². The van der Waals surface area contributed by atoms with Crippen molar-refractivity contribution in [2.45, 2.75) is 51.3 Å². The van der Waals surface area contributed by atoms with Crippen LogP contribution in [0.25, 0.3) is 0 Å². The second-order valence-corrected chi connectivity index (χ2v) is 6.98. The standard InChI is InChI=1S/C16H30N2O2/c1-13(2)16-11-17-6-4-3-5-14(17)9-18(16)10-15-12-19-7-8-20-15/h13-16H,3-12H2,1-2H3. The van der Waals surface area contributed by atoms with Crippen LogP contribution in [0.2, 0.25) is 0 Å². The Morgan fingerprint density at radius 3 is 2.80 bits per heavy atom. The fourth-order valence-electron chi connectivity index (χ4n) is 4.01. The van der Waals surface area contributed by atoms with Gasteiger partial charge in [-0.05, 0) is 25.3 Å². The van der Waals surface area contributed by atoms with Crippen LogP contribution in [-0.2, 0) is 9.47 Å². The van der Waals surface area contributed by atoms with Crippen LogP contribution in [0.5, 0.6) is 0 Å². The highest BCUT2D eigenvalue weighted by molar-refractivity contribution is 4.92. The number of piperidine rings is 1. The first-order valence-corrected chi connectivity index (χ1v) is 8.41. The minimum absolute atomic E-state index is 0.278. The van der Waals surface area contributed by atoms with Gasteiger partial charge >= 0.3 is 0 Å². The van der Waals surface area contributed by atoms with Crippen LogP contribution >= 0.6 is 0 Å². The molecular weight excluding hydrogens is 252 g/mol. The van der Waals surface area contributed by atoms with Gasteiger partial charge < -0.3 is 9.47 Å². The van der Waals surface area contributed by atoms with Crippen LogP contribution in [-0.4, -0.2) is 74.0 Å². The molecule has 3 unspecified atom stereocenters. The van der Waals surface area contributed by atoms with E-state index >= 15 is 0 Å². The molecule has 0 spiro atoms. The van der Waals surface area contributed by atoms with E-state index in [0.29, 0.717) is 12.0 Å². The summed E-state index contributed by atoms with van der Waals surface area (Å²) in [4.78, 5) is 5.43. The molecule has 0 aromatic carbocycles. The highest BCUT2D eigenvalue weighted by Gasteiger charge is 2.37. The maximum atomic E-state index is 5.86. The van der Waals surface area contributed by atoms with Crippen molar-refractivity contribution < 1.29 is 9.47 Å². The highest BCUT2D eigenvalue weighted by Crippen LogP contribution is 2.27. The first kappa shape index (κ1) is 14.8. The summed E-state index contributed by atoms with van der Waals surface area (Å²) in [6, 6.07) is 1.46. The Bertz CT molecular complexity index is 303. The lowest BCUT2D eigenvalue weighted by Crippen LogP contribution is -2.62. The van der Waals surface area contributed by atoms with Gasteiger partial charge in [0.25, 0.3) is 0 Å². The van der Waals surface area contributed by atoms with Crippen molar-refractivity contribution in [1.82, 2.24) is 9.80 Å². The number of hydrogen-bond donors (Lipinski definition) is 0. The molecule has 0 aromatic heterocycles. The molecular formula is C16H30N2O2. The zero-order valence-corrected chi connectivity index (χ0v) is 13.1. The number of ether oxygens (including phenoxy) is 2. The Labute approximate surface area is 123 Å². The molecule has 0 aliphatic carbocycles. The van der Waals surface area contributed by atoms with Gasteiger partial charge in [0.05, 0.1) is 25.9 Å². The third kappa shape index (κ3) is 3.35. The molecule has 3 fully saturated rings. The van der Waals surface area contributed by atoms with E-state index in [9.17, 15) is 0 Å². The smallest absolute Gasteiger partial charge is 0.0936 e. The van der Waals surface area contributed by atoms with Gasteiger partial charge in [0.1, 0.15) is 0 Å². The molecule has 0 bridgehead atoms. The minimum Gasteiger partial charge on any atom is -0.376 e. The molecule has 3 aliphatic rings. The van der Waals surface area contributed by atoms with Gasteiger partial charge in [-0.2, -0.15) is 0 Å². The number of hydrogen-bond acceptors (Lipinski definition) is 4. The SMILES string of the molecule is CC(C)C1CN2CCCCC2CN1CC1COCCO1. The van der Waals surface area contributed by atoms with E-state index in [1.165, 1.54) is 38.9 Å². The molecule has 4 heteroatoms. The highest BCUT2D eigenvalue weighted by atomic mass is 16.6. The largest absolute Gasteiger partial charge is 0.376 e. The fourth-order valence-corrected chi connectivity index (χ4v) is 4.01. The minimum atomic E-state index is 0.278. The molecule has 0 aromatic rings. The molecule has 0 amide bonds. The summed E-state index contributed by atoms with van der Waals surface area (Å²) in [6.45, 7) is 11.9. The normalized spacial score (nSPS) is 37.0. The van der Waals surface area contributed by atoms with E-state index in [4.69, 9.17) is 9.47 Å². The summed E-state index contributed by atoms with van der Waals surface area (Å²) in [5.74, 6) is 0.711. The van der Waals surface area contributed by atoms with Crippen molar-refractivity contribution in [3.63, 3.8) is 0 Å². The lowest BCUT2D eigenvalue weighted by molar-refractivity contribution is -0.112. The van der Waals surface area contributed by atoms with Gasteiger partial charge in [-0.1, -0.05) is 20.3 Å². The Kier molecular flexibility index (Phi) is 4.97. The number of nitrogens with zero attached hydrogens (tertiary/aromatic N) is 2. The molecule has 116 valence electrons. The second-order valence-electron chi connectivity index (χ2n) is 6.98. The summed E-state index contributed by atoms with van der Waals surface area (Å²) in [7, 11) is 0. The summed E-state index contributed by atoms with van der Waals surface area (Å²) in [5.41, 5.74) is 0. The Morgan fingerprint density at radius 1 is 1.15 bits per heavy atom. The molecule has 3 rings (SSSR count). The predicted octanol–water partition coefficient (Wildman–Crippen LogP) is 1.60. The molecule has 3 heterocycles. The lowest BCUT2D eigenvalue weighted by atomic mass is 9.92. The van der Waals surface area contributed by atoms with Crippen LogP contribution in [0, 0.1) is 5.92 Å². The zero-order chi connectivity index (χ0) is 13.9. The Balaban J connectivity index is 1.62. The quantitative estimate of drug-likeness (QED) is 0.785. The summed E-state index contributed by atoms with van der Waals surface area (Å²) in [5, 5.41) is 0. The van der Waals surface area contributed by atoms with Crippen molar-refractivity contribution in [3.05, 3.63) is 0 Å². The number of rotatable bonds is 3. The first-order valence-electron chi connectivity index (χ1n) is 8.41. The van der Waals surface area contributed by atoms with Crippen LogP contribution in [0.1, 0.15) is 33.1 Å². The second kappa shape index (κ2) is 6.73. The van der Waals surface area contributed by atoms with Gasteiger partial charge in [0, 0.05) is 31.7 Å². The van der Waals surface area contributed by atoms with Crippen molar-refractivity contribution in [2.24, 2.45) is 5.92 Å². The van der Waals surface area contributed by atoms with E-state index in [-0.39, 0.29) is 6.10 Å². The van der Waals surface area contributed by atoms with Crippen molar-refractivity contribution in [3.8, 4) is 0 Å². The molecule has 0 radical (unpaired) electrons. The molecule has 3 atom stereocenters. The van der Waals surface area contributed by atoms with Gasteiger partial charge in [0.2, 0.25) is 0 Å². The molecule has 3 saturated heterocycles. The topological polar surface area (TPSA) is 24.9 Å². The average molecular weight is 282 g/mol.